The van der Waals surface area contributed by atoms with Crippen LogP contribution in [0.1, 0.15) is 35.4 Å². The molecular weight excluding hydrogens is 421 g/mol. The molecule has 7 nitrogen and oxygen atoms in total. The largest absolute Gasteiger partial charge is 0.465 e. The topological polar surface area (TPSA) is 88.0 Å². The standard InChI is InChI=1S/C25H26FN5O2/c1-5-14-8-16(14)12-31-22(9-15-6-7-19(13(2)27)28-23(15)31)24-29-20-10-17(25(32)33-4)18(26)11-21(20)30(24)3/h5-7,9-11,13-14,16H,1,8,12,27H2,2-4H3/t13-,14-,16-/m1/s1. The van der Waals surface area contributed by atoms with E-state index in [-0.39, 0.29) is 11.6 Å². The Labute approximate surface area is 190 Å². The number of hydrogen-bond acceptors (Lipinski definition) is 5. The second-order valence-corrected chi connectivity index (χ2v) is 8.78. The van der Waals surface area contributed by atoms with E-state index in [9.17, 15) is 9.18 Å². The number of carbonyl (C=O) groups is 1. The molecule has 1 aliphatic rings. The summed E-state index contributed by atoms with van der Waals surface area (Å²) in [6.45, 7) is 6.62. The van der Waals surface area contributed by atoms with E-state index in [1.54, 1.807) is 0 Å². The Bertz CT molecular complexity index is 1420. The number of benzene rings is 1. The molecule has 3 aromatic heterocycles. The van der Waals surface area contributed by atoms with E-state index in [4.69, 9.17) is 20.4 Å². The van der Waals surface area contributed by atoms with Gasteiger partial charge in [-0.05, 0) is 49.4 Å². The number of hydrogen-bond donors (Lipinski definition) is 1. The van der Waals surface area contributed by atoms with Crippen LogP contribution in [0.3, 0.4) is 0 Å². The van der Waals surface area contributed by atoms with Gasteiger partial charge >= 0.3 is 5.97 Å². The highest BCUT2D eigenvalue weighted by atomic mass is 19.1. The summed E-state index contributed by atoms with van der Waals surface area (Å²) in [4.78, 5) is 21.6. The fraction of sp³-hybridized carbons (Fsp3) is 0.320. The van der Waals surface area contributed by atoms with Gasteiger partial charge < -0.3 is 19.6 Å². The van der Waals surface area contributed by atoms with Crippen LogP contribution >= 0.6 is 0 Å². The molecule has 0 spiro atoms. The lowest BCUT2D eigenvalue weighted by Crippen LogP contribution is -2.10. The smallest absolute Gasteiger partial charge is 0.340 e. The van der Waals surface area contributed by atoms with Crippen molar-refractivity contribution < 1.29 is 13.9 Å². The monoisotopic (exact) mass is 447 g/mol. The Hall–Kier alpha value is -3.52. The number of halogens is 1. The number of aromatic nitrogens is 4. The number of allylic oxidation sites excluding steroid dienone is 1. The van der Waals surface area contributed by atoms with Crippen LogP contribution in [0.25, 0.3) is 33.6 Å². The molecule has 5 rings (SSSR count). The number of rotatable bonds is 6. The molecule has 0 bridgehead atoms. The third-order valence-electron chi connectivity index (χ3n) is 6.53. The average molecular weight is 448 g/mol. The number of methoxy groups -OCH3 is 1. The van der Waals surface area contributed by atoms with Crippen molar-refractivity contribution in [3.05, 3.63) is 60.1 Å². The molecule has 0 amide bonds. The minimum absolute atomic E-state index is 0.134. The normalized spacial score (nSPS) is 18.6. The first-order valence-corrected chi connectivity index (χ1v) is 10.9. The Morgan fingerprint density at radius 2 is 2.15 bits per heavy atom. The number of imidazole rings is 1. The molecule has 0 radical (unpaired) electrons. The molecule has 1 fully saturated rings. The first-order chi connectivity index (χ1) is 15.8. The van der Waals surface area contributed by atoms with Gasteiger partial charge in [-0.2, -0.15) is 0 Å². The van der Waals surface area contributed by atoms with Crippen molar-refractivity contribution in [2.75, 3.05) is 7.11 Å². The fourth-order valence-electron chi connectivity index (χ4n) is 4.48. The quantitative estimate of drug-likeness (QED) is 0.351. The van der Waals surface area contributed by atoms with Crippen LogP contribution < -0.4 is 5.73 Å². The maximum Gasteiger partial charge on any atom is 0.340 e. The van der Waals surface area contributed by atoms with Crippen LogP contribution in [0.5, 0.6) is 0 Å². The summed E-state index contributed by atoms with van der Waals surface area (Å²) in [5.74, 6) is 0.273. The molecule has 1 aliphatic carbocycles. The molecule has 3 atom stereocenters. The van der Waals surface area contributed by atoms with Gasteiger partial charge in [0.1, 0.15) is 11.5 Å². The number of esters is 1. The second-order valence-electron chi connectivity index (χ2n) is 8.78. The first-order valence-electron chi connectivity index (χ1n) is 10.9. The number of nitrogens with two attached hydrogens (primary N) is 1. The molecule has 33 heavy (non-hydrogen) atoms. The number of aryl methyl sites for hydroxylation is 1. The highest BCUT2D eigenvalue weighted by Gasteiger charge is 2.35. The third-order valence-corrected chi connectivity index (χ3v) is 6.53. The van der Waals surface area contributed by atoms with Gasteiger partial charge in [0.2, 0.25) is 0 Å². The highest BCUT2D eigenvalue weighted by molar-refractivity contribution is 5.95. The van der Waals surface area contributed by atoms with Crippen LogP contribution in [0, 0.1) is 17.7 Å². The summed E-state index contributed by atoms with van der Waals surface area (Å²) in [7, 11) is 3.07. The number of ether oxygens (including phenoxy) is 1. The Morgan fingerprint density at radius 1 is 1.36 bits per heavy atom. The molecule has 0 saturated heterocycles. The summed E-state index contributed by atoms with van der Waals surface area (Å²) < 4.78 is 23.3. The van der Waals surface area contributed by atoms with Crippen molar-refractivity contribution >= 4 is 28.0 Å². The average Bonchev–Trinajstić information content (AvgIpc) is 3.37. The van der Waals surface area contributed by atoms with Crippen LogP contribution in [0.2, 0.25) is 0 Å². The van der Waals surface area contributed by atoms with Crippen molar-refractivity contribution in [1.29, 1.82) is 0 Å². The van der Waals surface area contributed by atoms with E-state index in [1.165, 1.54) is 19.2 Å². The van der Waals surface area contributed by atoms with Gasteiger partial charge in [0.25, 0.3) is 0 Å². The van der Waals surface area contributed by atoms with Crippen molar-refractivity contribution in [2.24, 2.45) is 24.6 Å². The van der Waals surface area contributed by atoms with E-state index in [1.807, 2.05) is 36.7 Å². The third kappa shape index (κ3) is 3.51. The van der Waals surface area contributed by atoms with E-state index in [0.717, 1.165) is 35.4 Å². The van der Waals surface area contributed by atoms with Crippen molar-refractivity contribution in [1.82, 2.24) is 19.1 Å². The van der Waals surface area contributed by atoms with E-state index < -0.39 is 11.8 Å². The molecule has 0 aliphatic heterocycles. The number of pyridine rings is 1. The maximum absolute atomic E-state index is 14.6. The Morgan fingerprint density at radius 3 is 2.82 bits per heavy atom. The van der Waals surface area contributed by atoms with E-state index >= 15 is 0 Å². The predicted octanol–water partition coefficient (Wildman–Crippen LogP) is 4.36. The van der Waals surface area contributed by atoms with Gasteiger partial charge in [-0.1, -0.05) is 6.08 Å². The van der Waals surface area contributed by atoms with Crippen LogP contribution in [-0.4, -0.2) is 32.2 Å². The van der Waals surface area contributed by atoms with Gasteiger partial charge in [0.05, 0.1) is 35.1 Å². The zero-order valence-electron chi connectivity index (χ0n) is 18.9. The highest BCUT2D eigenvalue weighted by Crippen LogP contribution is 2.42. The van der Waals surface area contributed by atoms with Crippen molar-refractivity contribution in [3.8, 4) is 11.5 Å². The van der Waals surface area contributed by atoms with Gasteiger partial charge in [-0.3, -0.25) is 0 Å². The molecule has 2 N–H and O–H groups in total. The lowest BCUT2D eigenvalue weighted by molar-refractivity contribution is 0.0595. The van der Waals surface area contributed by atoms with Crippen LogP contribution in [-0.2, 0) is 18.3 Å². The molecule has 0 unspecified atom stereocenters. The summed E-state index contributed by atoms with van der Waals surface area (Å²) >= 11 is 0. The van der Waals surface area contributed by atoms with Gasteiger partial charge in [-0.25, -0.2) is 19.2 Å². The minimum atomic E-state index is -0.729. The first kappa shape index (κ1) is 21.3. The van der Waals surface area contributed by atoms with E-state index in [0.29, 0.717) is 28.7 Å². The number of fused-ring (bicyclic) bond motifs is 2. The van der Waals surface area contributed by atoms with E-state index in [2.05, 4.69) is 17.2 Å². The number of nitrogens with zero attached hydrogens (tertiary/aromatic N) is 4. The lowest BCUT2D eigenvalue weighted by atomic mass is 10.2. The lowest BCUT2D eigenvalue weighted by Gasteiger charge is -2.11. The minimum Gasteiger partial charge on any atom is -0.465 e. The van der Waals surface area contributed by atoms with Crippen molar-refractivity contribution in [3.63, 3.8) is 0 Å². The molecule has 1 saturated carbocycles. The van der Waals surface area contributed by atoms with Gasteiger partial charge in [0, 0.05) is 31.1 Å². The Balaban J connectivity index is 1.70. The zero-order valence-corrected chi connectivity index (χ0v) is 18.9. The second kappa shape index (κ2) is 7.81. The fourth-order valence-corrected chi connectivity index (χ4v) is 4.48. The maximum atomic E-state index is 14.6. The van der Waals surface area contributed by atoms with Gasteiger partial charge in [-0.15, -0.1) is 6.58 Å². The SMILES string of the molecule is C=C[C@@H]1C[C@@H]1Cn1c(-c2nc3cc(C(=O)OC)c(F)cc3n2C)cc2ccc([C@@H](C)N)nc21. The summed E-state index contributed by atoms with van der Waals surface area (Å²) in [6, 6.07) is 8.60. The summed E-state index contributed by atoms with van der Waals surface area (Å²) in [6.07, 6.45) is 3.09. The molecule has 1 aromatic carbocycles. The van der Waals surface area contributed by atoms with Crippen LogP contribution in [0.15, 0.2) is 43.0 Å². The zero-order chi connectivity index (χ0) is 23.4. The number of carbonyl (C=O) groups excluding carboxylic acids is 1. The van der Waals surface area contributed by atoms with Crippen molar-refractivity contribution in [2.45, 2.75) is 25.9 Å². The summed E-state index contributed by atoms with van der Waals surface area (Å²) in [5, 5.41) is 0.985. The van der Waals surface area contributed by atoms with Crippen LogP contribution in [0.4, 0.5) is 4.39 Å². The molecule has 3 heterocycles. The van der Waals surface area contributed by atoms with Gasteiger partial charge in [0.15, 0.2) is 5.82 Å². The summed E-state index contributed by atoms with van der Waals surface area (Å²) in [5.41, 5.74) is 9.62. The molecular formula is C25H26FN5O2. The predicted molar refractivity (Wildman–Crippen MR) is 125 cm³/mol. The Kier molecular flexibility index (Phi) is 5.05. The molecule has 8 heteroatoms. The molecule has 170 valence electrons. The molecule has 4 aromatic rings.